The van der Waals surface area contributed by atoms with Gasteiger partial charge in [0, 0.05) is 19.4 Å². The Hall–Kier alpha value is -3.85. The van der Waals surface area contributed by atoms with Crippen molar-refractivity contribution in [3.05, 3.63) is 134 Å². The molecule has 0 aromatic heterocycles. The molecule has 0 aliphatic rings. The lowest BCUT2D eigenvalue weighted by Crippen LogP contribution is -2.29. The van der Waals surface area contributed by atoms with Crippen molar-refractivity contribution in [3.63, 3.8) is 0 Å². The van der Waals surface area contributed by atoms with Gasteiger partial charge in [-0.25, -0.2) is 4.57 Å². The summed E-state index contributed by atoms with van der Waals surface area (Å²) in [5.74, 6) is -0.884. The number of hydrogen-bond donors (Lipinski definition) is 2. The van der Waals surface area contributed by atoms with Crippen LogP contribution in [0.5, 0.6) is 0 Å². The highest BCUT2D eigenvalue weighted by Crippen LogP contribution is 2.43. The van der Waals surface area contributed by atoms with Crippen LogP contribution >= 0.6 is 7.82 Å². The molecule has 3 N–H and O–H groups in total. The third kappa shape index (κ3) is 53.4. The van der Waals surface area contributed by atoms with Crippen LogP contribution in [0.2, 0.25) is 0 Å². The number of ether oxygens (including phenoxy) is 2. The summed E-state index contributed by atoms with van der Waals surface area (Å²) in [4.78, 5) is 35.1. The fourth-order valence-electron chi connectivity index (χ4n) is 6.60. The number of phosphoric acid groups is 1. The van der Waals surface area contributed by atoms with Crippen LogP contribution in [0, 0.1) is 0 Å². The Morgan fingerprint density at radius 1 is 0.449 bits per heavy atom. The first-order chi connectivity index (χ1) is 33.8. The summed E-state index contributed by atoms with van der Waals surface area (Å²) < 4.78 is 32.9. The van der Waals surface area contributed by atoms with Crippen LogP contribution in [0.4, 0.5) is 0 Å². The number of rotatable bonds is 48. The Labute approximate surface area is 421 Å². The predicted octanol–water partition coefficient (Wildman–Crippen LogP) is 16.6. The van der Waals surface area contributed by atoms with Gasteiger partial charge in [-0.1, -0.05) is 199 Å². The first kappa shape index (κ1) is 65.1. The minimum atomic E-state index is -4.41. The Bertz CT molecular complexity index is 1580. The van der Waals surface area contributed by atoms with E-state index in [-0.39, 0.29) is 32.6 Å². The molecule has 0 aliphatic heterocycles. The zero-order valence-electron chi connectivity index (χ0n) is 43.2. The van der Waals surface area contributed by atoms with E-state index in [9.17, 15) is 19.0 Å². The standard InChI is InChI=1S/C59H96NO8P/c1-3-5-7-9-11-13-15-17-19-21-23-24-25-26-27-28-29-30-31-32-34-36-38-40-42-44-46-48-50-52-59(62)68-57(56-67-69(63,64)66-54-53-60)55-65-58(61)51-49-47-45-43-41-39-37-35-33-22-20-18-16-14-12-10-8-6-4-2/h5,7,11-14,17-20,23-24,26-27,29-30,32-35,38,40,57H,3-4,6,8-10,15-16,21-22,25,28,31,36-37,39,41-56,60H2,1-2H3,(H,63,64)/b7-5-,13-11-,14-12-,19-17-,20-18-,24-23-,27-26-,30-29-,34-32-,35-33-,40-38-. The van der Waals surface area contributed by atoms with Crippen LogP contribution in [0.1, 0.15) is 194 Å². The van der Waals surface area contributed by atoms with Crippen molar-refractivity contribution in [2.75, 3.05) is 26.4 Å². The summed E-state index contributed by atoms with van der Waals surface area (Å²) in [6.45, 7) is 3.53. The van der Waals surface area contributed by atoms with Crippen molar-refractivity contribution in [3.8, 4) is 0 Å². The number of carbonyl (C=O) groups excluding carboxylic acids is 2. The molecule has 2 atom stereocenters. The topological polar surface area (TPSA) is 134 Å². The smallest absolute Gasteiger partial charge is 0.462 e. The Kier molecular flexibility index (Phi) is 50.5. The molecular formula is C59H96NO8P. The molecule has 0 aromatic rings. The highest BCUT2D eigenvalue weighted by molar-refractivity contribution is 7.47. The lowest BCUT2D eigenvalue weighted by Gasteiger charge is -2.19. The van der Waals surface area contributed by atoms with Crippen LogP contribution in [0.25, 0.3) is 0 Å². The summed E-state index contributed by atoms with van der Waals surface area (Å²) in [6.07, 6.45) is 74.9. The Morgan fingerprint density at radius 2 is 0.797 bits per heavy atom. The van der Waals surface area contributed by atoms with Gasteiger partial charge in [0.05, 0.1) is 13.2 Å². The van der Waals surface area contributed by atoms with Gasteiger partial charge >= 0.3 is 19.8 Å². The molecule has 390 valence electrons. The second kappa shape index (κ2) is 53.5. The molecule has 0 saturated carbocycles. The molecule has 0 rings (SSSR count). The van der Waals surface area contributed by atoms with Gasteiger partial charge in [0.2, 0.25) is 0 Å². The Morgan fingerprint density at radius 3 is 1.19 bits per heavy atom. The van der Waals surface area contributed by atoms with Crippen LogP contribution in [-0.4, -0.2) is 49.3 Å². The largest absolute Gasteiger partial charge is 0.472 e. The summed E-state index contributed by atoms with van der Waals surface area (Å²) in [7, 11) is -4.41. The van der Waals surface area contributed by atoms with Crippen molar-refractivity contribution in [2.24, 2.45) is 5.73 Å². The predicted molar refractivity (Wildman–Crippen MR) is 293 cm³/mol. The summed E-state index contributed by atoms with van der Waals surface area (Å²) in [5, 5.41) is 0. The van der Waals surface area contributed by atoms with Gasteiger partial charge in [-0.15, -0.1) is 0 Å². The fourth-order valence-corrected chi connectivity index (χ4v) is 7.36. The molecule has 0 heterocycles. The molecule has 0 aliphatic carbocycles. The number of esters is 2. The SMILES string of the molecule is CC/C=C\C/C=C\C/C=C\C/C=C\C/C=C\C/C=C\C/C=C\C/C=C\CCCCCCC(=O)OC(COC(=O)CCCCCCCC/C=C\C/C=C\C/C=C\CCCCC)COP(=O)(O)OCCN. The summed E-state index contributed by atoms with van der Waals surface area (Å²) >= 11 is 0. The van der Waals surface area contributed by atoms with Crippen LogP contribution in [-0.2, 0) is 32.7 Å². The highest BCUT2D eigenvalue weighted by atomic mass is 31.2. The summed E-state index contributed by atoms with van der Waals surface area (Å²) in [5.41, 5.74) is 5.37. The number of carbonyl (C=O) groups is 2. The van der Waals surface area contributed by atoms with Gasteiger partial charge in [-0.05, 0) is 116 Å². The number of nitrogens with two attached hydrogens (primary N) is 1. The number of allylic oxidation sites excluding steroid dienone is 22. The summed E-state index contributed by atoms with van der Waals surface area (Å²) in [6, 6.07) is 0. The molecule has 0 fully saturated rings. The van der Waals surface area contributed by atoms with Gasteiger partial charge in [0.15, 0.2) is 6.10 Å². The minimum absolute atomic E-state index is 0.0388. The Balaban J connectivity index is 4.17. The van der Waals surface area contributed by atoms with Gasteiger partial charge in [-0.2, -0.15) is 0 Å². The van der Waals surface area contributed by atoms with E-state index in [1.807, 2.05) is 0 Å². The monoisotopic (exact) mass is 978 g/mol. The molecule has 0 saturated heterocycles. The highest BCUT2D eigenvalue weighted by Gasteiger charge is 2.26. The third-order valence-corrected chi connectivity index (χ3v) is 11.5. The lowest BCUT2D eigenvalue weighted by molar-refractivity contribution is -0.161. The quantitative estimate of drug-likeness (QED) is 0.0264. The maximum atomic E-state index is 12.7. The molecule has 0 aromatic carbocycles. The van der Waals surface area contributed by atoms with E-state index in [0.29, 0.717) is 12.8 Å². The van der Waals surface area contributed by atoms with E-state index in [2.05, 4.69) is 148 Å². The second-order valence-electron chi connectivity index (χ2n) is 17.0. The molecule has 0 spiro atoms. The molecule has 0 radical (unpaired) electrons. The molecule has 69 heavy (non-hydrogen) atoms. The lowest BCUT2D eigenvalue weighted by atomic mass is 10.1. The van der Waals surface area contributed by atoms with Crippen molar-refractivity contribution in [2.45, 2.75) is 200 Å². The first-order valence-electron chi connectivity index (χ1n) is 26.7. The average Bonchev–Trinajstić information content (AvgIpc) is 3.34. The number of unbranched alkanes of at least 4 members (excludes halogenated alkanes) is 13. The van der Waals surface area contributed by atoms with Crippen molar-refractivity contribution in [1.82, 2.24) is 0 Å². The number of hydrogen-bond acceptors (Lipinski definition) is 8. The zero-order chi connectivity index (χ0) is 50.2. The van der Waals surface area contributed by atoms with E-state index >= 15 is 0 Å². The molecule has 9 nitrogen and oxygen atoms in total. The molecule has 2 unspecified atom stereocenters. The van der Waals surface area contributed by atoms with E-state index in [1.54, 1.807) is 0 Å². The van der Waals surface area contributed by atoms with Gasteiger partial charge in [0.1, 0.15) is 6.61 Å². The van der Waals surface area contributed by atoms with E-state index < -0.39 is 32.5 Å². The van der Waals surface area contributed by atoms with Crippen LogP contribution in [0.15, 0.2) is 134 Å². The third-order valence-electron chi connectivity index (χ3n) is 10.5. The van der Waals surface area contributed by atoms with Gasteiger partial charge < -0.3 is 20.1 Å². The van der Waals surface area contributed by atoms with E-state index in [4.69, 9.17) is 24.3 Å². The van der Waals surface area contributed by atoms with Crippen LogP contribution < -0.4 is 5.73 Å². The maximum Gasteiger partial charge on any atom is 0.472 e. The van der Waals surface area contributed by atoms with Crippen LogP contribution in [0.3, 0.4) is 0 Å². The molecule has 0 amide bonds. The average molecular weight is 978 g/mol. The van der Waals surface area contributed by atoms with Crippen molar-refractivity contribution in [1.29, 1.82) is 0 Å². The fraction of sp³-hybridized carbons (Fsp3) is 0.593. The minimum Gasteiger partial charge on any atom is -0.462 e. The van der Waals surface area contributed by atoms with E-state index in [0.717, 1.165) is 128 Å². The molecular weight excluding hydrogens is 882 g/mol. The van der Waals surface area contributed by atoms with Gasteiger partial charge in [0.25, 0.3) is 0 Å². The first-order valence-corrected chi connectivity index (χ1v) is 28.2. The maximum absolute atomic E-state index is 12.7. The van der Waals surface area contributed by atoms with Crippen molar-refractivity contribution >= 4 is 19.8 Å². The van der Waals surface area contributed by atoms with E-state index in [1.165, 1.54) is 25.7 Å². The molecule has 10 heteroatoms. The normalized spacial score (nSPS) is 14.2. The zero-order valence-corrected chi connectivity index (χ0v) is 44.1. The van der Waals surface area contributed by atoms with Gasteiger partial charge in [-0.3, -0.25) is 18.6 Å². The van der Waals surface area contributed by atoms with Crippen molar-refractivity contribution < 1.29 is 37.6 Å². The number of phosphoric ester groups is 1. The second-order valence-corrected chi connectivity index (χ2v) is 18.5. The molecule has 0 bridgehead atoms.